The Morgan fingerprint density at radius 3 is 2.81 bits per heavy atom. The van der Waals surface area contributed by atoms with Crippen molar-refractivity contribution in [2.45, 2.75) is 12.8 Å². The average molecular weight is 288 g/mol. The predicted octanol–water partition coefficient (Wildman–Crippen LogP) is 1.84. The third-order valence-corrected chi connectivity index (χ3v) is 3.43. The smallest absolute Gasteiger partial charge is 0.344 e. The fraction of sp³-hybridized carbons (Fsp3) is 0.286. The molecular formula is C14H12N2O5. The second kappa shape index (κ2) is 5.01. The first-order valence-corrected chi connectivity index (χ1v) is 6.55. The molecule has 0 unspecified atom stereocenters. The van der Waals surface area contributed by atoms with Gasteiger partial charge in [-0.1, -0.05) is 0 Å². The van der Waals surface area contributed by atoms with E-state index in [1.54, 1.807) is 0 Å². The third-order valence-electron chi connectivity index (χ3n) is 3.43. The van der Waals surface area contributed by atoms with Crippen LogP contribution in [0.5, 0.6) is 0 Å². The fourth-order valence-corrected chi connectivity index (χ4v) is 2.05. The van der Waals surface area contributed by atoms with E-state index in [1.165, 1.54) is 24.3 Å². The van der Waals surface area contributed by atoms with Gasteiger partial charge in [-0.15, -0.1) is 0 Å². The minimum absolute atomic E-state index is 0.131. The van der Waals surface area contributed by atoms with Gasteiger partial charge >= 0.3 is 5.63 Å². The number of non-ortho nitro benzene ring substituents is 1. The highest BCUT2D eigenvalue weighted by Gasteiger charge is 2.22. The van der Waals surface area contributed by atoms with Crippen molar-refractivity contribution in [3.63, 3.8) is 0 Å². The highest BCUT2D eigenvalue weighted by atomic mass is 16.6. The maximum atomic E-state index is 11.9. The standard InChI is InChI=1S/C14H12N2O5/c17-13(15-7-8-1-2-8)12-6-9-5-10(16(19)20)3-4-11(9)14(18)21-12/h3-6,8H,1-2,7H2,(H,15,17). The van der Waals surface area contributed by atoms with Gasteiger partial charge in [0, 0.05) is 18.7 Å². The monoisotopic (exact) mass is 288 g/mol. The zero-order chi connectivity index (χ0) is 15.0. The summed E-state index contributed by atoms with van der Waals surface area (Å²) < 4.78 is 4.97. The summed E-state index contributed by atoms with van der Waals surface area (Å²) in [6.07, 6.45) is 2.18. The molecule has 7 nitrogen and oxygen atoms in total. The van der Waals surface area contributed by atoms with Crippen LogP contribution in [0.4, 0.5) is 5.69 Å². The predicted molar refractivity (Wildman–Crippen MR) is 74.2 cm³/mol. The molecule has 2 aromatic rings. The molecule has 0 spiro atoms. The van der Waals surface area contributed by atoms with Crippen molar-refractivity contribution in [2.75, 3.05) is 6.54 Å². The van der Waals surface area contributed by atoms with Gasteiger partial charge in [0.05, 0.1) is 10.3 Å². The minimum Gasteiger partial charge on any atom is -0.417 e. The Morgan fingerprint density at radius 2 is 2.14 bits per heavy atom. The van der Waals surface area contributed by atoms with Crippen molar-refractivity contribution in [2.24, 2.45) is 5.92 Å². The number of carbonyl (C=O) groups excluding carboxylic acids is 1. The van der Waals surface area contributed by atoms with E-state index in [0.29, 0.717) is 17.8 Å². The van der Waals surface area contributed by atoms with E-state index in [1.807, 2.05) is 0 Å². The van der Waals surface area contributed by atoms with Crippen LogP contribution in [0.2, 0.25) is 0 Å². The van der Waals surface area contributed by atoms with Gasteiger partial charge < -0.3 is 9.73 Å². The average Bonchev–Trinajstić information content (AvgIpc) is 3.28. The number of nitrogens with zero attached hydrogens (tertiary/aromatic N) is 1. The molecule has 1 aromatic heterocycles. The van der Waals surface area contributed by atoms with Gasteiger partial charge in [-0.25, -0.2) is 4.79 Å². The molecule has 0 radical (unpaired) electrons. The van der Waals surface area contributed by atoms with E-state index < -0.39 is 16.5 Å². The number of fused-ring (bicyclic) bond motifs is 1. The zero-order valence-corrected chi connectivity index (χ0v) is 11.0. The van der Waals surface area contributed by atoms with Crippen LogP contribution < -0.4 is 10.9 Å². The lowest BCUT2D eigenvalue weighted by atomic mass is 10.1. The van der Waals surface area contributed by atoms with E-state index in [9.17, 15) is 19.7 Å². The van der Waals surface area contributed by atoms with Gasteiger partial charge in [-0.2, -0.15) is 0 Å². The van der Waals surface area contributed by atoms with Gasteiger partial charge in [-0.3, -0.25) is 14.9 Å². The molecule has 1 amide bonds. The largest absolute Gasteiger partial charge is 0.417 e. The molecule has 21 heavy (non-hydrogen) atoms. The van der Waals surface area contributed by atoms with Crippen molar-refractivity contribution in [3.05, 3.63) is 50.6 Å². The maximum Gasteiger partial charge on any atom is 0.344 e. The number of carbonyl (C=O) groups is 1. The second-order valence-electron chi connectivity index (χ2n) is 5.08. The summed E-state index contributed by atoms with van der Waals surface area (Å²) in [5.41, 5.74) is -0.823. The number of nitro groups is 1. The van der Waals surface area contributed by atoms with Crippen LogP contribution in [-0.2, 0) is 0 Å². The van der Waals surface area contributed by atoms with Crippen LogP contribution in [0, 0.1) is 16.0 Å². The van der Waals surface area contributed by atoms with Gasteiger partial charge in [0.2, 0.25) is 0 Å². The summed E-state index contributed by atoms with van der Waals surface area (Å²) in [4.78, 5) is 33.9. The number of nitro benzene ring substituents is 1. The van der Waals surface area contributed by atoms with Crippen molar-refractivity contribution in [1.29, 1.82) is 0 Å². The Labute approximate surface area is 118 Å². The molecular weight excluding hydrogens is 276 g/mol. The maximum absolute atomic E-state index is 11.9. The first-order valence-electron chi connectivity index (χ1n) is 6.55. The van der Waals surface area contributed by atoms with Crippen LogP contribution in [0.1, 0.15) is 23.4 Å². The van der Waals surface area contributed by atoms with E-state index in [4.69, 9.17) is 4.42 Å². The Balaban J connectivity index is 1.97. The molecule has 1 aliphatic rings. The first-order chi connectivity index (χ1) is 10.0. The summed E-state index contributed by atoms with van der Waals surface area (Å²) >= 11 is 0. The van der Waals surface area contributed by atoms with Crippen LogP contribution in [-0.4, -0.2) is 17.4 Å². The lowest BCUT2D eigenvalue weighted by Crippen LogP contribution is -2.26. The highest BCUT2D eigenvalue weighted by molar-refractivity contribution is 5.95. The summed E-state index contributed by atoms with van der Waals surface area (Å²) in [5.74, 6) is -0.108. The normalized spacial score (nSPS) is 14.1. The zero-order valence-electron chi connectivity index (χ0n) is 11.0. The number of hydrogen-bond acceptors (Lipinski definition) is 5. The summed E-state index contributed by atoms with van der Waals surface area (Å²) in [6, 6.07) is 5.16. The van der Waals surface area contributed by atoms with Crippen LogP contribution >= 0.6 is 0 Å². The van der Waals surface area contributed by atoms with E-state index >= 15 is 0 Å². The number of amides is 1. The molecule has 0 bridgehead atoms. The van der Waals surface area contributed by atoms with E-state index in [-0.39, 0.29) is 16.8 Å². The van der Waals surface area contributed by atoms with Crippen LogP contribution in [0.25, 0.3) is 10.8 Å². The van der Waals surface area contributed by atoms with E-state index in [0.717, 1.165) is 12.8 Å². The van der Waals surface area contributed by atoms with Gasteiger partial charge in [-0.05, 0) is 36.3 Å². The second-order valence-corrected chi connectivity index (χ2v) is 5.08. The van der Waals surface area contributed by atoms with Crippen LogP contribution in [0.15, 0.2) is 33.5 Å². The Kier molecular flexibility index (Phi) is 3.17. The highest BCUT2D eigenvalue weighted by Crippen LogP contribution is 2.27. The minimum atomic E-state index is -0.682. The molecule has 3 rings (SSSR count). The van der Waals surface area contributed by atoms with Gasteiger partial charge in [0.1, 0.15) is 0 Å². The molecule has 1 heterocycles. The van der Waals surface area contributed by atoms with Gasteiger partial charge in [0.25, 0.3) is 11.6 Å². The lowest BCUT2D eigenvalue weighted by molar-refractivity contribution is -0.384. The van der Waals surface area contributed by atoms with Crippen molar-refractivity contribution in [3.8, 4) is 0 Å². The molecule has 0 atom stereocenters. The number of rotatable bonds is 4. The quantitative estimate of drug-likeness (QED) is 0.683. The Bertz CT molecular complexity index is 792. The van der Waals surface area contributed by atoms with Crippen LogP contribution in [0.3, 0.4) is 0 Å². The molecule has 1 N–H and O–H groups in total. The van der Waals surface area contributed by atoms with Crippen molar-refractivity contribution >= 4 is 22.4 Å². The van der Waals surface area contributed by atoms with E-state index in [2.05, 4.69) is 5.32 Å². The molecule has 108 valence electrons. The third kappa shape index (κ3) is 2.76. The molecule has 1 saturated carbocycles. The molecule has 1 fully saturated rings. The molecule has 1 aliphatic carbocycles. The van der Waals surface area contributed by atoms with Crippen molar-refractivity contribution in [1.82, 2.24) is 5.32 Å². The topological polar surface area (TPSA) is 102 Å². The lowest BCUT2D eigenvalue weighted by Gasteiger charge is -2.04. The van der Waals surface area contributed by atoms with Gasteiger partial charge in [0.15, 0.2) is 5.76 Å². The first kappa shape index (κ1) is 13.3. The molecule has 7 heteroatoms. The summed E-state index contributed by atoms with van der Waals surface area (Å²) in [7, 11) is 0. The summed E-state index contributed by atoms with van der Waals surface area (Å²) in [6.45, 7) is 0.551. The number of hydrogen-bond donors (Lipinski definition) is 1. The molecule has 0 saturated heterocycles. The summed E-state index contributed by atoms with van der Waals surface area (Å²) in [5, 5.41) is 14.0. The molecule has 1 aromatic carbocycles. The molecule has 0 aliphatic heterocycles. The Hall–Kier alpha value is -2.70. The fourth-order valence-electron chi connectivity index (χ4n) is 2.05. The SMILES string of the molecule is O=C(NCC1CC1)c1cc2cc([N+](=O)[O-])ccc2c(=O)o1. The number of benzene rings is 1. The Morgan fingerprint density at radius 1 is 1.38 bits per heavy atom. The van der Waals surface area contributed by atoms with Crippen molar-refractivity contribution < 1.29 is 14.1 Å². The number of nitrogens with one attached hydrogen (secondary N) is 1.